The Hall–Kier alpha value is -1.73. The van der Waals surface area contributed by atoms with E-state index in [0.717, 1.165) is 10.5 Å². The summed E-state index contributed by atoms with van der Waals surface area (Å²) in [5.74, 6) is -6.98. The van der Waals surface area contributed by atoms with Crippen molar-refractivity contribution < 1.29 is 23.2 Å². The zero-order valence-corrected chi connectivity index (χ0v) is 15.5. The Morgan fingerprint density at radius 2 is 2.00 bits per heavy atom. The van der Waals surface area contributed by atoms with Crippen LogP contribution in [0.25, 0.3) is 0 Å². The summed E-state index contributed by atoms with van der Waals surface area (Å²) >= 11 is 11.8. The van der Waals surface area contributed by atoms with Crippen LogP contribution >= 0.6 is 23.2 Å². The maximum Gasteiger partial charge on any atom is 0.291 e. The molecule has 5 nitrogen and oxygen atoms in total. The molecule has 2 rings (SSSR count). The molecule has 26 heavy (non-hydrogen) atoms. The smallest absolute Gasteiger partial charge is 0.291 e. The third-order valence-electron chi connectivity index (χ3n) is 3.93. The summed E-state index contributed by atoms with van der Waals surface area (Å²) in [5.41, 5.74) is 0.942. The van der Waals surface area contributed by atoms with Crippen LogP contribution in [0, 0.1) is 5.92 Å². The van der Waals surface area contributed by atoms with E-state index in [-0.39, 0.29) is 13.1 Å². The number of halogens is 4. The number of likely N-dealkylation sites (tertiary alicyclic amines) is 1. The molecule has 1 aromatic carbocycles. The second-order valence-electron chi connectivity index (χ2n) is 6.32. The number of aryl methyl sites for hydroxylation is 1. The van der Waals surface area contributed by atoms with Crippen LogP contribution in [0.15, 0.2) is 18.2 Å². The van der Waals surface area contributed by atoms with Gasteiger partial charge in [0.15, 0.2) is 0 Å². The summed E-state index contributed by atoms with van der Waals surface area (Å²) < 4.78 is 26.1. The molecule has 1 atom stereocenters. The number of nitrogens with one attached hydrogen (secondary N) is 1. The van der Waals surface area contributed by atoms with Crippen molar-refractivity contribution in [1.29, 1.82) is 0 Å². The zero-order chi connectivity index (χ0) is 19.5. The fourth-order valence-electron chi connectivity index (χ4n) is 2.69. The summed E-state index contributed by atoms with van der Waals surface area (Å²) in [4.78, 5) is 36.4. The molecule has 1 fully saturated rings. The van der Waals surface area contributed by atoms with Crippen LogP contribution in [-0.4, -0.2) is 48.1 Å². The van der Waals surface area contributed by atoms with E-state index in [1.807, 2.05) is 6.07 Å². The highest BCUT2D eigenvalue weighted by Gasteiger charge is 2.45. The van der Waals surface area contributed by atoms with E-state index in [4.69, 9.17) is 23.2 Å². The minimum atomic E-state index is -3.12. The highest BCUT2D eigenvalue weighted by molar-refractivity contribution is 6.42. The second-order valence-corrected chi connectivity index (χ2v) is 7.13. The summed E-state index contributed by atoms with van der Waals surface area (Å²) in [6.07, 6.45) is 1.21. The minimum absolute atomic E-state index is 0.279. The van der Waals surface area contributed by atoms with Gasteiger partial charge in [-0.2, -0.15) is 0 Å². The van der Waals surface area contributed by atoms with Gasteiger partial charge in [-0.15, -0.1) is 0 Å². The van der Waals surface area contributed by atoms with Crippen molar-refractivity contribution in [1.82, 2.24) is 10.2 Å². The Morgan fingerprint density at radius 3 is 2.62 bits per heavy atom. The lowest BCUT2D eigenvalue weighted by atomic mass is 10.1. The highest BCUT2D eigenvalue weighted by Crippen LogP contribution is 2.23. The number of amides is 2. The number of Topliss-reactive ketones (excluding diaryl/α,β-unsaturated/α-hetero) is 1. The van der Waals surface area contributed by atoms with Gasteiger partial charge in [-0.05, 0) is 30.5 Å². The molecule has 1 aliphatic heterocycles. The molecule has 1 heterocycles. The molecule has 0 bridgehead atoms. The van der Waals surface area contributed by atoms with Gasteiger partial charge in [0.25, 0.3) is 11.8 Å². The molecule has 0 saturated carbocycles. The van der Waals surface area contributed by atoms with Crippen molar-refractivity contribution in [3.63, 3.8) is 0 Å². The Balaban J connectivity index is 1.81. The van der Waals surface area contributed by atoms with Crippen LogP contribution in [0.4, 0.5) is 8.78 Å². The minimum Gasteiger partial charge on any atom is -0.355 e. The van der Waals surface area contributed by atoms with Crippen molar-refractivity contribution in [3.05, 3.63) is 33.8 Å². The van der Waals surface area contributed by atoms with Crippen molar-refractivity contribution in [3.8, 4) is 0 Å². The number of alkyl halides is 2. The lowest BCUT2D eigenvalue weighted by molar-refractivity contribution is -0.144. The van der Waals surface area contributed by atoms with Gasteiger partial charge in [0.05, 0.1) is 16.6 Å². The van der Waals surface area contributed by atoms with Gasteiger partial charge in [-0.25, -0.2) is 8.78 Å². The summed E-state index contributed by atoms with van der Waals surface area (Å²) in [6, 6.07) is 5.23. The zero-order valence-electron chi connectivity index (χ0n) is 14.0. The first-order valence-electron chi connectivity index (χ1n) is 8.01. The third kappa shape index (κ3) is 5.38. The van der Waals surface area contributed by atoms with Gasteiger partial charge in [-0.1, -0.05) is 29.3 Å². The summed E-state index contributed by atoms with van der Waals surface area (Å²) in [6.45, 7) is -0.263. The monoisotopic (exact) mass is 406 g/mol. The summed E-state index contributed by atoms with van der Waals surface area (Å²) in [5, 5.41) is 3.46. The van der Waals surface area contributed by atoms with Gasteiger partial charge < -0.3 is 10.2 Å². The first-order valence-corrected chi connectivity index (χ1v) is 8.76. The molecule has 9 heteroatoms. The van der Waals surface area contributed by atoms with Crippen molar-refractivity contribution >= 4 is 40.8 Å². The van der Waals surface area contributed by atoms with Gasteiger partial charge in [0.2, 0.25) is 11.7 Å². The number of hydrogen-bond acceptors (Lipinski definition) is 3. The Labute approximate surface area is 159 Å². The van der Waals surface area contributed by atoms with E-state index in [1.165, 1.54) is 0 Å². The number of carbonyl (C=O) groups is 3. The highest BCUT2D eigenvalue weighted by atomic mass is 35.5. The Bertz CT molecular complexity index is 722. The van der Waals surface area contributed by atoms with Crippen LogP contribution in [0.5, 0.6) is 0 Å². The molecule has 2 amide bonds. The lowest BCUT2D eigenvalue weighted by Crippen LogP contribution is -2.38. The van der Waals surface area contributed by atoms with Crippen LogP contribution < -0.4 is 5.32 Å². The topological polar surface area (TPSA) is 66.5 Å². The van der Waals surface area contributed by atoms with E-state index in [0.29, 0.717) is 29.8 Å². The maximum atomic E-state index is 13.0. The first-order chi connectivity index (χ1) is 12.1. The third-order valence-corrected chi connectivity index (χ3v) is 4.67. The predicted molar refractivity (Wildman–Crippen MR) is 93.5 cm³/mol. The molecule has 0 radical (unpaired) electrons. The first kappa shape index (κ1) is 20.6. The van der Waals surface area contributed by atoms with Gasteiger partial charge in [-0.3, -0.25) is 14.4 Å². The predicted octanol–water partition coefficient (Wildman–Crippen LogP) is 2.72. The van der Waals surface area contributed by atoms with Crippen molar-refractivity contribution in [2.45, 2.75) is 25.7 Å². The maximum absolute atomic E-state index is 13.0. The number of hydrogen-bond donors (Lipinski definition) is 1. The molecule has 0 aliphatic carbocycles. The molecule has 1 aromatic rings. The molecular weight excluding hydrogens is 389 g/mol. The van der Waals surface area contributed by atoms with E-state index >= 15 is 0 Å². The molecule has 142 valence electrons. The molecule has 1 N–H and O–H groups in total. The number of carbonyl (C=O) groups excluding carboxylic acids is 3. The van der Waals surface area contributed by atoms with E-state index in [2.05, 4.69) is 5.32 Å². The molecular formula is C17H18Cl2F2N2O3. The molecule has 1 unspecified atom stereocenters. The van der Waals surface area contributed by atoms with Gasteiger partial charge in [0, 0.05) is 20.0 Å². The van der Waals surface area contributed by atoms with Crippen molar-refractivity contribution in [2.24, 2.45) is 5.92 Å². The van der Waals surface area contributed by atoms with Crippen LogP contribution in [0.1, 0.15) is 18.9 Å². The van der Waals surface area contributed by atoms with E-state index in [9.17, 15) is 23.2 Å². The van der Waals surface area contributed by atoms with Crippen LogP contribution in [0.2, 0.25) is 10.0 Å². The number of ketones is 1. The lowest BCUT2D eigenvalue weighted by Gasteiger charge is -2.19. The fourth-order valence-corrected chi connectivity index (χ4v) is 3.01. The molecule has 1 aliphatic rings. The average molecular weight is 407 g/mol. The fraction of sp³-hybridized carbons (Fsp3) is 0.471. The quantitative estimate of drug-likeness (QED) is 0.430. The normalized spacial score (nSPS) is 17.7. The van der Waals surface area contributed by atoms with Crippen molar-refractivity contribution in [2.75, 3.05) is 19.6 Å². The summed E-state index contributed by atoms with van der Waals surface area (Å²) in [7, 11) is 0. The largest absolute Gasteiger partial charge is 0.355 e. The van der Waals surface area contributed by atoms with E-state index < -0.39 is 36.0 Å². The van der Waals surface area contributed by atoms with Crippen LogP contribution in [-0.2, 0) is 20.8 Å². The SMILES string of the molecule is CC(F)(F)CN1CC(C(=O)NCCCc2ccc(Cl)c(Cl)c2)C(=O)C1=O. The second kappa shape index (κ2) is 8.31. The molecule has 1 saturated heterocycles. The number of rotatable bonds is 7. The standard InChI is InChI=1S/C17H18Cl2F2N2O3/c1-17(20,21)9-23-8-11(14(24)16(23)26)15(25)22-6-2-3-10-4-5-12(18)13(19)7-10/h4-5,7,11H,2-3,6,8-9H2,1H3,(H,22,25). The van der Waals surface area contributed by atoms with Crippen LogP contribution in [0.3, 0.4) is 0 Å². The Kier molecular flexibility index (Phi) is 6.58. The Morgan fingerprint density at radius 1 is 1.31 bits per heavy atom. The average Bonchev–Trinajstić information content (AvgIpc) is 2.81. The van der Waals surface area contributed by atoms with Gasteiger partial charge in [0.1, 0.15) is 5.92 Å². The molecule has 0 spiro atoms. The molecule has 0 aromatic heterocycles. The van der Waals surface area contributed by atoms with Gasteiger partial charge >= 0.3 is 0 Å². The van der Waals surface area contributed by atoms with E-state index in [1.54, 1.807) is 12.1 Å². The number of benzene rings is 1. The number of nitrogens with zero attached hydrogens (tertiary/aromatic N) is 1.